The van der Waals surface area contributed by atoms with Gasteiger partial charge >= 0.3 is 0 Å². The summed E-state index contributed by atoms with van der Waals surface area (Å²) in [5.74, 6) is 1.42. The highest BCUT2D eigenvalue weighted by Gasteiger charge is 2.32. The molecule has 4 aromatic carbocycles. The molecule has 5 heteroatoms. The van der Waals surface area contributed by atoms with Gasteiger partial charge in [0.2, 0.25) is 0 Å². The molecule has 0 radical (unpaired) electrons. The van der Waals surface area contributed by atoms with E-state index in [-0.39, 0.29) is 11.2 Å². The predicted octanol–water partition coefficient (Wildman–Crippen LogP) is 10.7. The van der Waals surface area contributed by atoms with E-state index in [0.29, 0.717) is 11.4 Å². The molecule has 2 aromatic heterocycles. The molecule has 0 amide bonds. The zero-order chi connectivity index (χ0) is 30.6. The van der Waals surface area contributed by atoms with Crippen LogP contribution in [0.25, 0.3) is 22.2 Å². The predicted molar refractivity (Wildman–Crippen MR) is 182 cm³/mol. The summed E-state index contributed by atoms with van der Waals surface area (Å²) in [4.78, 5) is 14.4. The van der Waals surface area contributed by atoms with E-state index in [2.05, 4.69) is 123 Å². The van der Waals surface area contributed by atoms with Crippen molar-refractivity contribution in [3.63, 3.8) is 0 Å². The van der Waals surface area contributed by atoms with E-state index in [1.165, 1.54) is 11.1 Å². The van der Waals surface area contributed by atoms with E-state index in [1.807, 2.05) is 30.5 Å². The Morgan fingerprint density at radius 3 is 2.14 bits per heavy atom. The maximum Gasteiger partial charge on any atom is 0.141 e. The van der Waals surface area contributed by atoms with Crippen molar-refractivity contribution in [2.45, 2.75) is 46.0 Å². The van der Waals surface area contributed by atoms with Gasteiger partial charge in [0.05, 0.1) is 28.4 Å². The number of phenolic OH excluding ortho intramolecular Hbond substituents is 1. The topological polar surface area (TPSA) is 52.5 Å². The van der Waals surface area contributed by atoms with Crippen LogP contribution in [0.2, 0.25) is 0 Å². The Morgan fingerprint density at radius 2 is 1.41 bits per heavy atom. The molecule has 7 rings (SSSR count). The van der Waals surface area contributed by atoms with Crippen molar-refractivity contribution in [2.24, 2.45) is 0 Å². The number of hydrogen-bond donors (Lipinski definition) is 1. The Kier molecular flexibility index (Phi) is 6.62. The molecular formula is C39H36N4O. The molecule has 0 bridgehead atoms. The lowest BCUT2D eigenvalue weighted by Crippen LogP contribution is -2.24. The monoisotopic (exact) mass is 576 g/mol. The number of fused-ring (bicyclic) bond motifs is 3. The van der Waals surface area contributed by atoms with Crippen molar-refractivity contribution in [1.29, 1.82) is 0 Å². The van der Waals surface area contributed by atoms with E-state index in [4.69, 9.17) is 9.97 Å². The first kappa shape index (κ1) is 27.7. The second-order valence-electron chi connectivity index (χ2n) is 12.8. The molecule has 1 aliphatic rings. The maximum absolute atomic E-state index is 10.6. The molecule has 0 aliphatic carbocycles. The fourth-order valence-corrected chi connectivity index (χ4v) is 6.00. The van der Waals surface area contributed by atoms with Crippen LogP contribution < -0.4 is 9.80 Å². The van der Waals surface area contributed by atoms with Gasteiger partial charge in [-0.25, -0.2) is 9.97 Å². The Hall–Kier alpha value is -5.16. The fraction of sp³-hybridized carbons (Fsp3) is 0.179. The van der Waals surface area contributed by atoms with Crippen LogP contribution >= 0.6 is 0 Å². The minimum Gasteiger partial charge on any atom is -0.506 e. The van der Waals surface area contributed by atoms with Gasteiger partial charge in [-0.1, -0.05) is 83.1 Å². The van der Waals surface area contributed by atoms with E-state index >= 15 is 0 Å². The van der Waals surface area contributed by atoms with Gasteiger partial charge in [0.25, 0.3) is 0 Å². The molecule has 0 saturated heterocycles. The highest BCUT2D eigenvalue weighted by molar-refractivity contribution is 6.02. The number of phenols is 1. The number of benzene rings is 4. The zero-order valence-electron chi connectivity index (χ0n) is 25.8. The molecule has 0 unspecified atom stereocenters. The Morgan fingerprint density at radius 1 is 0.682 bits per heavy atom. The molecule has 1 N–H and O–H groups in total. The van der Waals surface area contributed by atoms with Crippen molar-refractivity contribution < 1.29 is 5.11 Å². The van der Waals surface area contributed by atoms with Crippen LogP contribution in [-0.2, 0) is 5.41 Å². The van der Waals surface area contributed by atoms with Crippen molar-refractivity contribution in [2.75, 3.05) is 9.80 Å². The number of hydrogen-bond acceptors (Lipinski definition) is 5. The minimum atomic E-state index is 0.0658. The summed E-state index contributed by atoms with van der Waals surface area (Å²) in [7, 11) is 0. The lowest BCUT2D eigenvalue weighted by molar-refractivity contribution is 0.480. The lowest BCUT2D eigenvalue weighted by Gasteiger charge is -2.40. The molecule has 0 saturated carbocycles. The number of anilines is 6. The van der Waals surface area contributed by atoms with Gasteiger partial charge in [0.1, 0.15) is 17.1 Å². The normalized spacial score (nSPS) is 12.9. The SMILES string of the molecule is CC(C)c1ccnc(N2c3ccccc3N(c3ccc(C(C)(C)C)cc3)c3ccc(-c4ccc5cccc(O)c5n4)cc32)c1. The van der Waals surface area contributed by atoms with Crippen molar-refractivity contribution in [1.82, 2.24) is 9.97 Å². The van der Waals surface area contributed by atoms with Crippen LogP contribution in [0.4, 0.5) is 34.3 Å². The average molecular weight is 577 g/mol. The number of nitrogens with zero attached hydrogens (tertiary/aromatic N) is 4. The zero-order valence-corrected chi connectivity index (χ0v) is 25.8. The third-order valence-electron chi connectivity index (χ3n) is 8.47. The molecule has 0 fully saturated rings. The highest BCUT2D eigenvalue weighted by Crippen LogP contribution is 2.54. The summed E-state index contributed by atoms with van der Waals surface area (Å²) in [6.07, 6.45) is 1.90. The quantitative estimate of drug-likeness (QED) is 0.226. The van der Waals surface area contributed by atoms with E-state index < -0.39 is 0 Å². The van der Waals surface area contributed by atoms with Crippen LogP contribution in [0.5, 0.6) is 5.75 Å². The van der Waals surface area contributed by atoms with Gasteiger partial charge in [-0.2, -0.15) is 0 Å². The summed E-state index contributed by atoms with van der Waals surface area (Å²) < 4.78 is 0. The molecule has 5 nitrogen and oxygen atoms in total. The van der Waals surface area contributed by atoms with Crippen molar-refractivity contribution >= 4 is 45.2 Å². The van der Waals surface area contributed by atoms with E-state index in [1.54, 1.807) is 6.07 Å². The van der Waals surface area contributed by atoms with Crippen LogP contribution in [0.3, 0.4) is 0 Å². The molecule has 1 aliphatic heterocycles. The summed E-state index contributed by atoms with van der Waals surface area (Å²) in [5, 5.41) is 11.5. The summed E-state index contributed by atoms with van der Waals surface area (Å²) in [5.41, 5.74) is 10.2. The lowest BCUT2D eigenvalue weighted by atomic mass is 9.87. The Balaban J connectivity index is 1.46. The van der Waals surface area contributed by atoms with Crippen LogP contribution in [0, 0.1) is 0 Å². The fourth-order valence-electron chi connectivity index (χ4n) is 6.00. The molecule has 218 valence electrons. The van der Waals surface area contributed by atoms with Gasteiger partial charge in [0.15, 0.2) is 0 Å². The van der Waals surface area contributed by atoms with Crippen LogP contribution in [0.15, 0.2) is 115 Å². The number of pyridine rings is 2. The Bertz CT molecular complexity index is 2010. The molecule has 3 heterocycles. The smallest absolute Gasteiger partial charge is 0.141 e. The first-order valence-corrected chi connectivity index (χ1v) is 15.2. The standard InChI is InChI=1S/C39H36N4O/c1-25(2)27-21-22-40-37(24-27)43-33-11-7-6-10-32(33)42(30-17-15-29(16-18-30)39(3,4)5)34-20-14-28(23-35(34)43)31-19-13-26-9-8-12-36(44)38(26)41-31/h6-25,44H,1-5H3. The molecule has 44 heavy (non-hydrogen) atoms. The van der Waals surface area contributed by atoms with Gasteiger partial charge in [-0.15, -0.1) is 0 Å². The van der Waals surface area contributed by atoms with Gasteiger partial charge in [0, 0.05) is 22.8 Å². The maximum atomic E-state index is 10.6. The third kappa shape index (κ3) is 4.75. The molecular weight excluding hydrogens is 540 g/mol. The molecule has 6 aromatic rings. The Labute approximate surface area is 259 Å². The number of rotatable bonds is 4. The third-order valence-corrected chi connectivity index (χ3v) is 8.47. The average Bonchev–Trinajstić information content (AvgIpc) is 3.03. The van der Waals surface area contributed by atoms with Crippen molar-refractivity contribution in [3.8, 4) is 17.0 Å². The largest absolute Gasteiger partial charge is 0.506 e. The van der Waals surface area contributed by atoms with Crippen LogP contribution in [0.1, 0.15) is 51.7 Å². The van der Waals surface area contributed by atoms with E-state index in [9.17, 15) is 5.11 Å². The van der Waals surface area contributed by atoms with Crippen LogP contribution in [-0.4, -0.2) is 15.1 Å². The summed E-state index contributed by atoms with van der Waals surface area (Å²) in [6.45, 7) is 11.1. The van der Waals surface area contributed by atoms with Gasteiger partial charge < -0.3 is 10.0 Å². The summed E-state index contributed by atoms with van der Waals surface area (Å²) >= 11 is 0. The first-order valence-electron chi connectivity index (χ1n) is 15.2. The number of aromatic nitrogens is 2. The second-order valence-corrected chi connectivity index (χ2v) is 12.8. The van der Waals surface area contributed by atoms with Crippen molar-refractivity contribution in [3.05, 3.63) is 127 Å². The molecule has 0 spiro atoms. The summed E-state index contributed by atoms with van der Waals surface area (Å²) in [6, 6.07) is 37.7. The number of aromatic hydroxyl groups is 1. The highest BCUT2D eigenvalue weighted by atomic mass is 16.3. The van der Waals surface area contributed by atoms with E-state index in [0.717, 1.165) is 50.9 Å². The minimum absolute atomic E-state index is 0.0658. The second kappa shape index (κ2) is 10.5. The van der Waals surface area contributed by atoms with Gasteiger partial charge in [-0.05, 0) is 83.1 Å². The van der Waals surface area contributed by atoms with Gasteiger partial charge in [-0.3, -0.25) is 4.90 Å². The first-order chi connectivity index (χ1) is 21.2. The number of para-hydroxylation sites is 3. The molecule has 0 atom stereocenters.